The molecule has 18 heavy (non-hydrogen) atoms. The average molecular weight is 312 g/mol. The second-order valence-electron chi connectivity index (χ2n) is 4.59. The van der Waals surface area contributed by atoms with Crippen LogP contribution in [0.5, 0.6) is 0 Å². The van der Waals surface area contributed by atoms with Gasteiger partial charge in [-0.1, -0.05) is 73.0 Å². The Hall–Kier alpha value is -0.830. The van der Waals surface area contributed by atoms with Gasteiger partial charge in [-0.2, -0.15) is 0 Å². The highest BCUT2D eigenvalue weighted by Gasteiger charge is 2.23. The predicted octanol–water partition coefficient (Wildman–Crippen LogP) is 4.06. The summed E-state index contributed by atoms with van der Waals surface area (Å²) in [6.07, 6.45) is 2.13. The number of rotatable bonds is 6. The summed E-state index contributed by atoms with van der Waals surface area (Å²) in [5, 5.41) is 3.15. The molecule has 1 N–H and O–H groups in total. The molecule has 1 aromatic carbocycles. The van der Waals surface area contributed by atoms with Crippen molar-refractivity contribution in [3.05, 3.63) is 35.9 Å². The van der Waals surface area contributed by atoms with E-state index in [4.69, 9.17) is 0 Å². The molecule has 100 valence electrons. The lowest BCUT2D eigenvalue weighted by Gasteiger charge is -2.27. The lowest BCUT2D eigenvalue weighted by atomic mass is 9.88. The van der Waals surface area contributed by atoms with Gasteiger partial charge in [-0.3, -0.25) is 4.79 Å². The number of alkyl halides is 1. The summed E-state index contributed by atoms with van der Waals surface area (Å²) < 4.78 is 0. The first-order valence-corrected chi connectivity index (χ1v) is 7.51. The second kappa shape index (κ2) is 7.57. The molecular formula is C15H22BrNO. The average Bonchev–Trinajstić information content (AvgIpc) is 2.39. The third-order valence-electron chi connectivity index (χ3n) is 3.34. The minimum atomic E-state index is -0.155. The van der Waals surface area contributed by atoms with Crippen LogP contribution < -0.4 is 5.32 Å². The second-order valence-corrected chi connectivity index (χ2v) is 5.96. The zero-order chi connectivity index (χ0) is 13.5. The zero-order valence-electron chi connectivity index (χ0n) is 11.3. The van der Waals surface area contributed by atoms with Crippen molar-refractivity contribution in [2.24, 2.45) is 5.92 Å². The van der Waals surface area contributed by atoms with Gasteiger partial charge in [0.1, 0.15) is 0 Å². The number of hydrogen-bond acceptors (Lipinski definition) is 1. The fourth-order valence-electron chi connectivity index (χ4n) is 2.16. The highest BCUT2D eigenvalue weighted by atomic mass is 79.9. The molecular weight excluding hydrogens is 290 g/mol. The van der Waals surface area contributed by atoms with Crippen LogP contribution in [-0.4, -0.2) is 10.7 Å². The number of hydrogen-bond donors (Lipinski definition) is 1. The van der Waals surface area contributed by atoms with E-state index in [0.717, 1.165) is 12.8 Å². The SMILES string of the molecule is CCC(CC)C(NC(=O)C(C)Br)c1ccccc1. The first kappa shape index (κ1) is 15.2. The van der Waals surface area contributed by atoms with Gasteiger partial charge >= 0.3 is 0 Å². The van der Waals surface area contributed by atoms with E-state index in [1.807, 2.05) is 25.1 Å². The fourth-order valence-corrected chi connectivity index (χ4v) is 2.29. The van der Waals surface area contributed by atoms with E-state index < -0.39 is 0 Å². The van der Waals surface area contributed by atoms with Crippen molar-refractivity contribution >= 4 is 21.8 Å². The van der Waals surface area contributed by atoms with E-state index in [1.165, 1.54) is 5.56 Å². The van der Waals surface area contributed by atoms with Crippen LogP contribution in [0.15, 0.2) is 30.3 Å². The monoisotopic (exact) mass is 311 g/mol. The summed E-state index contributed by atoms with van der Waals surface area (Å²) in [4.78, 5) is 11.8. The number of carbonyl (C=O) groups is 1. The molecule has 2 atom stereocenters. The van der Waals surface area contributed by atoms with Crippen molar-refractivity contribution < 1.29 is 4.79 Å². The summed E-state index contributed by atoms with van der Waals surface area (Å²) in [6.45, 7) is 6.20. The van der Waals surface area contributed by atoms with Gasteiger partial charge in [0.2, 0.25) is 5.91 Å². The summed E-state index contributed by atoms with van der Waals surface area (Å²) >= 11 is 3.32. The van der Waals surface area contributed by atoms with E-state index in [0.29, 0.717) is 5.92 Å². The van der Waals surface area contributed by atoms with Gasteiger partial charge in [-0.25, -0.2) is 0 Å². The molecule has 3 heteroatoms. The lowest BCUT2D eigenvalue weighted by Crippen LogP contribution is -2.36. The molecule has 0 aliphatic heterocycles. The Morgan fingerprint density at radius 2 is 1.78 bits per heavy atom. The van der Waals surface area contributed by atoms with Crippen LogP contribution in [0.3, 0.4) is 0 Å². The molecule has 0 spiro atoms. The molecule has 0 radical (unpaired) electrons. The third-order valence-corrected chi connectivity index (χ3v) is 3.75. The van der Waals surface area contributed by atoms with Crippen LogP contribution in [0.25, 0.3) is 0 Å². The van der Waals surface area contributed by atoms with Crippen LogP contribution >= 0.6 is 15.9 Å². The van der Waals surface area contributed by atoms with Crippen LogP contribution in [-0.2, 0) is 4.79 Å². The third kappa shape index (κ3) is 4.13. The Morgan fingerprint density at radius 3 is 2.22 bits per heavy atom. The van der Waals surface area contributed by atoms with Crippen molar-refractivity contribution in [3.63, 3.8) is 0 Å². The summed E-state index contributed by atoms with van der Waals surface area (Å²) in [5.74, 6) is 0.526. The lowest BCUT2D eigenvalue weighted by molar-refractivity contribution is -0.121. The molecule has 2 nitrogen and oxygen atoms in total. The predicted molar refractivity (Wildman–Crippen MR) is 79.8 cm³/mol. The van der Waals surface area contributed by atoms with Crippen molar-refractivity contribution in [3.8, 4) is 0 Å². The smallest absolute Gasteiger partial charge is 0.233 e. The number of amides is 1. The largest absolute Gasteiger partial charge is 0.348 e. The van der Waals surface area contributed by atoms with Crippen molar-refractivity contribution in [1.29, 1.82) is 0 Å². The Balaban J connectivity index is 2.92. The molecule has 0 aliphatic carbocycles. The van der Waals surface area contributed by atoms with Gasteiger partial charge < -0.3 is 5.32 Å². The van der Waals surface area contributed by atoms with E-state index in [9.17, 15) is 4.79 Å². The van der Waals surface area contributed by atoms with E-state index in [-0.39, 0.29) is 16.8 Å². The van der Waals surface area contributed by atoms with Crippen LogP contribution in [0.1, 0.15) is 45.2 Å². The Morgan fingerprint density at radius 1 is 1.22 bits per heavy atom. The van der Waals surface area contributed by atoms with Crippen molar-refractivity contribution in [2.45, 2.75) is 44.5 Å². The van der Waals surface area contributed by atoms with Crippen LogP contribution in [0.2, 0.25) is 0 Å². The molecule has 2 unspecified atom stereocenters. The summed E-state index contributed by atoms with van der Waals surface area (Å²) in [5.41, 5.74) is 1.19. The minimum Gasteiger partial charge on any atom is -0.348 e. The molecule has 1 amide bonds. The molecule has 0 fully saturated rings. The van der Waals surface area contributed by atoms with Gasteiger partial charge in [0.15, 0.2) is 0 Å². The Labute approximate surface area is 118 Å². The Bertz CT molecular complexity index is 360. The molecule has 0 aliphatic rings. The molecule has 0 aromatic heterocycles. The summed E-state index contributed by atoms with van der Waals surface area (Å²) in [7, 11) is 0. The standard InChI is InChI=1S/C15H22BrNO/c1-4-12(5-2)14(17-15(18)11(3)16)13-9-7-6-8-10-13/h6-12,14H,4-5H2,1-3H3,(H,17,18). The number of benzene rings is 1. The molecule has 0 bridgehead atoms. The number of carbonyl (C=O) groups excluding carboxylic acids is 1. The highest BCUT2D eigenvalue weighted by molar-refractivity contribution is 9.10. The highest BCUT2D eigenvalue weighted by Crippen LogP contribution is 2.27. The topological polar surface area (TPSA) is 29.1 Å². The summed E-state index contributed by atoms with van der Waals surface area (Å²) in [6, 6.07) is 10.3. The van der Waals surface area contributed by atoms with Gasteiger partial charge in [-0.05, 0) is 18.4 Å². The van der Waals surface area contributed by atoms with Gasteiger partial charge in [0, 0.05) is 0 Å². The van der Waals surface area contributed by atoms with E-state index in [2.05, 4.69) is 47.2 Å². The molecule has 1 aromatic rings. The molecule has 1 rings (SSSR count). The maximum absolute atomic E-state index is 11.9. The van der Waals surface area contributed by atoms with Crippen molar-refractivity contribution in [2.75, 3.05) is 0 Å². The normalized spacial score (nSPS) is 14.3. The quantitative estimate of drug-likeness (QED) is 0.789. The number of halogens is 1. The first-order valence-electron chi connectivity index (χ1n) is 6.59. The Kier molecular flexibility index (Phi) is 6.41. The van der Waals surface area contributed by atoms with Gasteiger partial charge in [0.05, 0.1) is 10.9 Å². The maximum Gasteiger partial charge on any atom is 0.233 e. The van der Waals surface area contributed by atoms with Crippen LogP contribution in [0.4, 0.5) is 0 Å². The van der Waals surface area contributed by atoms with Crippen LogP contribution in [0, 0.1) is 5.92 Å². The molecule has 0 saturated heterocycles. The van der Waals surface area contributed by atoms with Crippen molar-refractivity contribution in [1.82, 2.24) is 5.32 Å². The maximum atomic E-state index is 11.9. The molecule has 0 heterocycles. The minimum absolute atomic E-state index is 0.0516. The zero-order valence-corrected chi connectivity index (χ0v) is 12.9. The molecule has 0 saturated carbocycles. The first-order chi connectivity index (χ1) is 8.60. The van der Waals surface area contributed by atoms with E-state index in [1.54, 1.807) is 0 Å². The number of nitrogens with one attached hydrogen (secondary N) is 1. The fraction of sp³-hybridized carbons (Fsp3) is 0.533. The van der Waals surface area contributed by atoms with Gasteiger partial charge in [0.25, 0.3) is 0 Å². The van der Waals surface area contributed by atoms with Gasteiger partial charge in [-0.15, -0.1) is 0 Å². The van der Waals surface area contributed by atoms with E-state index >= 15 is 0 Å².